The normalized spacial score (nSPS) is 17.7. The van der Waals surface area contributed by atoms with Gasteiger partial charge in [0.05, 0.1) is 22.5 Å². The number of benzene rings is 3. The third-order valence-electron chi connectivity index (χ3n) is 6.20. The van der Waals surface area contributed by atoms with Crippen LogP contribution in [0.3, 0.4) is 0 Å². The summed E-state index contributed by atoms with van der Waals surface area (Å²) in [5.74, 6) is 0.0651. The highest BCUT2D eigenvalue weighted by Gasteiger charge is 2.49. The van der Waals surface area contributed by atoms with Crippen molar-refractivity contribution in [2.75, 3.05) is 0 Å². The molecule has 1 N–H and O–H groups in total. The summed E-state index contributed by atoms with van der Waals surface area (Å²) in [5.41, 5.74) is 1.53. The molecule has 1 aliphatic rings. The minimum absolute atomic E-state index is 0.0492. The van der Waals surface area contributed by atoms with Crippen molar-refractivity contribution in [2.45, 2.75) is 25.6 Å². The molecule has 0 saturated carbocycles. The monoisotopic (exact) mass is 489 g/mol. The lowest BCUT2D eigenvalue weighted by Gasteiger charge is -2.22. The van der Waals surface area contributed by atoms with Crippen molar-refractivity contribution in [1.29, 1.82) is 0 Å². The van der Waals surface area contributed by atoms with Gasteiger partial charge in [0, 0.05) is 23.7 Å². The standard InChI is InChI=1S/C25H20ClN5O4/c1-25(17-7-10-19(11-8-17)31(34)35)23(32)30(24(33)28-25)15-22-27-20-13-18(26)9-12-21(20)29(22)14-16-5-3-2-4-6-16/h2-13H,14-15H2,1H3,(H,28,33). The molecule has 10 heteroatoms. The Morgan fingerprint density at radius 3 is 2.43 bits per heavy atom. The van der Waals surface area contributed by atoms with Gasteiger partial charge in [-0.3, -0.25) is 19.8 Å². The van der Waals surface area contributed by atoms with Gasteiger partial charge in [-0.2, -0.15) is 0 Å². The number of hydrogen-bond donors (Lipinski definition) is 1. The maximum atomic E-state index is 13.5. The zero-order valence-electron chi connectivity index (χ0n) is 18.6. The van der Waals surface area contributed by atoms with Crippen LogP contribution in [-0.4, -0.2) is 31.3 Å². The first-order valence-corrected chi connectivity index (χ1v) is 11.2. The summed E-state index contributed by atoms with van der Waals surface area (Å²) in [7, 11) is 0. The highest BCUT2D eigenvalue weighted by Crippen LogP contribution is 2.31. The number of amides is 3. The summed E-state index contributed by atoms with van der Waals surface area (Å²) in [5, 5.41) is 14.3. The lowest BCUT2D eigenvalue weighted by molar-refractivity contribution is -0.384. The number of nitrogens with zero attached hydrogens (tertiary/aromatic N) is 4. The number of nitro benzene ring substituents is 1. The molecule has 35 heavy (non-hydrogen) atoms. The molecule has 3 aromatic carbocycles. The fourth-order valence-electron chi connectivity index (χ4n) is 4.31. The Labute approximate surface area is 205 Å². The number of rotatable bonds is 6. The van der Waals surface area contributed by atoms with E-state index in [1.54, 1.807) is 19.1 Å². The van der Waals surface area contributed by atoms with Crippen LogP contribution in [0, 0.1) is 10.1 Å². The number of urea groups is 1. The van der Waals surface area contributed by atoms with Crippen LogP contribution < -0.4 is 5.32 Å². The van der Waals surface area contributed by atoms with E-state index in [1.165, 1.54) is 24.3 Å². The number of fused-ring (bicyclic) bond motifs is 1. The lowest BCUT2D eigenvalue weighted by Crippen LogP contribution is -2.40. The molecule has 0 bridgehead atoms. The molecule has 1 fully saturated rings. The van der Waals surface area contributed by atoms with E-state index < -0.39 is 22.4 Å². The second-order valence-electron chi connectivity index (χ2n) is 8.48. The summed E-state index contributed by atoms with van der Waals surface area (Å²) < 4.78 is 1.96. The zero-order chi connectivity index (χ0) is 24.7. The van der Waals surface area contributed by atoms with Gasteiger partial charge in [0.25, 0.3) is 11.6 Å². The number of nitro groups is 1. The van der Waals surface area contributed by atoms with E-state index in [0.29, 0.717) is 28.5 Å². The molecule has 1 aliphatic heterocycles. The van der Waals surface area contributed by atoms with Crippen LogP contribution in [0.2, 0.25) is 5.02 Å². The number of imide groups is 1. The van der Waals surface area contributed by atoms with Crippen LogP contribution in [0.1, 0.15) is 23.9 Å². The van der Waals surface area contributed by atoms with Gasteiger partial charge in [0.15, 0.2) is 0 Å². The number of carbonyl (C=O) groups is 2. The number of halogens is 1. The first-order chi connectivity index (χ1) is 16.8. The minimum Gasteiger partial charge on any atom is -0.322 e. The highest BCUT2D eigenvalue weighted by atomic mass is 35.5. The second-order valence-corrected chi connectivity index (χ2v) is 8.92. The van der Waals surface area contributed by atoms with E-state index in [1.807, 2.05) is 41.0 Å². The average molecular weight is 490 g/mol. The predicted octanol–water partition coefficient (Wildman–Crippen LogP) is 4.61. The molecule has 1 saturated heterocycles. The third-order valence-corrected chi connectivity index (χ3v) is 6.44. The molecule has 3 amide bonds. The summed E-state index contributed by atoms with van der Waals surface area (Å²) in [6.07, 6.45) is 0. The van der Waals surface area contributed by atoms with Gasteiger partial charge in [-0.25, -0.2) is 9.78 Å². The molecule has 0 radical (unpaired) electrons. The van der Waals surface area contributed by atoms with Crippen molar-refractivity contribution in [3.63, 3.8) is 0 Å². The van der Waals surface area contributed by atoms with E-state index >= 15 is 0 Å². The van der Waals surface area contributed by atoms with E-state index in [2.05, 4.69) is 10.3 Å². The highest BCUT2D eigenvalue weighted by molar-refractivity contribution is 6.31. The van der Waals surface area contributed by atoms with Crippen molar-refractivity contribution in [2.24, 2.45) is 0 Å². The van der Waals surface area contributed by atoms with Crippen LogP contribution in [-0.2, 0) is 23.4 Å². The Balaban J connectivity index is 1.49. The number of hydrogen-bond acceptors (Lipinski definition) is 5. The van der Waals surface area contributed by atoms with Crippen molar-refractivity contribution < 1.29 is 14.5 Å². The quantitative estimate of drug-likeness (QED) is 0.241. The van der Waals surface area contributed by atoms with Gasteiger partial charge in [-0.15, -0.1) is 0 Å². The van der Waals surface area contributed by atoms with Gasteiger partial charge in [0.1, 0.15) is 11.4 Å². The van der Waals surface area contributed by atoms with Crippen LogP contribution >= 0.6 is 11.6 Å². The smallest absolute Gasteiger partial charge is 0.322 e. The maximum Gasteiger partial charge on any atom is 0.325 e. The van der Waals surface area contributed by atoms with Crippen LogP contribution in [0.15, 0.2) is 72.8 Å². The Kier molecular flexibility index (Phi) is 5.49. The maximum absolute atomic E-state index is 13.5. The molecule has 1 aromatic heterocycles. The molecule has 1 atom stereocenters. The zero-order valence-corrected chi connectivity index (χ0v) is 19.4. The minimum atomic E-state index is -1.36. The number of imidazole rings is 1. The molecule has 0 aliphatic carbocycles. The summed E-state index contributed by atoms with van der Waals surface area (Å²) >= 11 is 6.17. The van der Waals surface area contributed by atoms with E-state index in [0.717, 1.165) is 16.0 Å². The van der Waals surface area contributed by atoms with Gasteiger partial charge in [-0.1, -0.05) is 41.9 Å². The fourth-order valence-corrected chi connectivity index (χ4v) is 4.48. The molecule has 2 heterocycles. The largest absolute Gasteiger partial charge is 0.325 e. The SMILES string of the molecule is CC1(c2ccc([N+](=O)[O-])cc2)NC(=O)N(Cc2nc3cc(Cl)ccc3n2Cc2ccccc2)C1=O. The van der Waals surface area contributed by atoms with Crippen molar-refractivity contribution in [1.82, 2.24) is 19.8 Å². The topological polar surface area (TPSA) is 110 Å². The molecular weight excluding hydrogens is 470 g/mol. The fraction of sp³-hybridized carbons (Fsp3) is 0.160. The number of nitrogens with one attached hydrogen (secondary N) is 1. The van der Waals surface area contributed by atoms with E-state index in [-0.39, 0.29) is 12.2 Å². The number of aromatic nitrogens is 2. The molecule has 5 rings (SSSR count). The van der Waals surface area contributed by atoms with E-state index in [9.17, 15) is 19.7 Å². The molecule has 0 spiro atoms. The summed E-state index contributed by atoms with van der Waals surface area (Å²) in [6, 6.07) is 20.2. The Hall–Kier alpha value is -4.24. The first-order valence-electron chi connectivity index (χ1n) is 10.8. The summed E-state index contributed by atoms with van der Waals surface area (Å²) in [4.78, 5) is 42.6. The van der Waals surface area contributed by atoms with Crippen molar-refractivity contribution in [3.05, 3.63) is 105 Å². The van der Waals surface area contributed by atoms with Crippen LogP contribution in [0.25, 0.3) is 11.0 Å². The van der Waals surface area contributed by atoms with Gasteiger partial charge < -0.3 is 9.88 Å². The summed E-state index contributed by atoms with van der Waals surface area (Å²) in [6.45, 7) is 2.03. The van der Waals surface area contributed by atoms with Crippen molar-refractivity contribution >= 4 is 40.3 Å². The Morgan fingerprint density at radius 1 is 1.03 bits per heavy atom. The first kappa shape index (κ1) is 22.5. The van der Waals surface area contributed by atoms with Gasteiger partial charge in [-0.05, 0) is 48.4 Å². The third kappa shape index (κ3) is 4.00. The number of non-ortho nitro benzene ring substituents is 1. The predicted molar refractivity (Wildman–Crippen MR) is 130 cm³/mol. The molecule has 9 nitrogen and oxygen atoms in total. The van der Waals surface area contributed by atoms with E-state index in [4.69, 9.17) is 11.6 Å². The van der Waals surface area contributed by atoms with Crippen molar-refractivity contribution in [3.8, 4) is 0 Å². The average Bonchev–Trinajstić information content (AvgIpc) is 3.28. The van der Waals surface area contributed by atoms with Crippen LogP contribution in [0.4, 0.5) is 10.5 Å². The number of carbonyl (C=O) groups excluding carboxylic acids is 2. The lowest BCUT2D eigenvalue weighted by atomic mass is 9.92. The molecule has 1 unspecified atom stereocenters. The Bertz CT molecular complexity index is 1470. The Morgan fingerprint density at radius 2 is 1.74 bits per heavy atom. The molecule has 176 valence electrons. The molecule has 4 aromatic rings. The van der Waals surface area contributed by atoms with Gasteiger partial charge in [0.2, 0.25) is 0 Å². The van der Waals surface area contributed by atoms with Gasteiger partial charge >= 0.3 is 6.03 Å². The molecular formula is C25H20ClN5O4. The van der Waals surface area contributed by atoms with Crippen LogP contribution in [0.5, 0.6) is 0 Å². The second kappa shape index (κ2) is 8.52.